The molecule has 1 N–H and O–H groups in total. The third-order valence-corrected chi connectivity index (χ3v) is 4.71. The van der Waals surface area contributed by atoms with E-state index < -0.39 is 10.8 Å². The Morgan fingerprint density at radius 2 is 2.17 bits per heavy atom. The highest BCUT2D eigenvalue weighted by Gasteiger charge is 2.09. The zero-order valence-corrected chi connectivity index (χ0v) is 13.2. The molecule has 0 saturated heterocycles. The maximum Gasteiger partial charge on any atom is 0.185 e. The SMILES string of the molecule is CCN(CC)c1ncc(CNC(C)CS(C)=O)s1. The molecule has 0 aliphatic heterocycles. The Balaban J connectivity index is 2.46. The number of thiazole rings is 1. The number of hydrogen-bond donors (Lipinski definition) is 1. The van der Waals surface area contributed by atoms with Crippen molar-refractivity contribution in [3.05, 3.63) is 11.1 Å². The molecule has 2 unspecified atom stereocenters. The van der Waals surface area contributed by atoms with Gasteiger partial charge in [-0.15, -0.1) is 11.3 Å². The second kappa shape index (κ2) is 7.86. The van der Waals surface area contributed by atoms with E-state index in [9.17, 15) is 4.21 Å². The number of hydrogen-bond acceptors (Lipinski definition) is 5. The summed E-state index contributed by atoms with van der Waals surface area (Å²) in [7, 11) is -0.741. The third-order valence-electron chi connectivity index (χ3n) is 2.68. The highest BCUT2D eigenvalue weighted by Crippen LogP contribution is 2.22. The first-order chi connectivity index (χ1) is 8.56. The maximum atomic E-state index is 11.1. The van der Waals surface area contributed by atoms with Gasteiger partial charge in [0.2, 0.25) is 0 Å². The molecule has 104 valence electrons. The van der Waals surface area contributed by atoms with Crippen molar-refractivity contribution in [3.8, 4) is 0 Å². The van der Waals surface area contributed by atoms with E-state index in [2.05, 4.69) is 36.0 Å². The fraction of sp³-hybridized carbons (Fsp3) is 0.750. The molecular weight excluding hydrogens is 266 g/mol. The van der Waals surface area contributed by atoms with E-state index in [1.54, 1.807) is 17.6 Å². The Bertz CT molecular complexity index is 377. The average Bonchev–Trinajstić information content (AvgIpc) is 2.76. The summed E-state index contributed by atoms with van der Waals surface area (Å²) in [6, 6.07) is 0.273. The lowest BCUT2D eigenvalue weighted by atomic mass is 10.4. The molecule has 0 amide bonds. The summed E-state index contributed by atoms with van der Waals surface area (Å²) < 4.78 is 11.1. The number of aromatic nitrogens is 1. The highest BCUT2D eigenvalue weighted by molar-refractivity contribution is 7.84. The minimum Gasteiger partial charge on any atom is -0.349 e. The van der Waals surface area contributed by atoms with Crippen molar-refractivity contribution in [2.45, 2.75) is 33.4 Å². The fourth-order valence-electron chi connectivity index (χ4n) is 1.71. The van der Waals surface area contributed by atoms with Crippen LogP contribution < -0.4 is 10.2 Å². The lowest BCUT2D eigenvalue weighted by molar-refractivity contribution is 0.591. The topological polar surface area (TPSA) is 45.2 Å². The van der Waals surface area contributed by atoms with Crippen LogP contribution in [0.2, 0.25) is 0 Å². The quantitative estimate of drug-likeness (QED) is 0.793. The van der Waals surface area contributed by atoms with Gasteiger partial charge in [0.05, 0.1) is 0 Å². The largest absolute Gasteiger partial charge is 0.349 e. The predicted molar refractivity (Wildman–Crippen MR) is 80.9 cm³/mol. The summed E-state index contributed by atoms with van der Waals surface area (Å²) in [6.07, 6.45) is 3.67. The molecule has 6 heteroatoms. The lowest BCUT2D eigenvalue weighted by Gasteiger charge is -2.16. The number of rotatable bonds is 8. The molecule has 1 rings (SSSR count). The molecule has 0 aliphatic carbocycles. The molecule has 0 saturated carbocycles. The van der Waals surface area contributed by atoms with Crippen molar-refractivity contribution in [2.75, 3.05) is 30.0 Å². The van der Waals surface area contributed by atoms with Crippen molar-refractivity contribution in [3.63, 3.8) is 0 Å². The summed E-state index contributed by atoms with van der Waals surface area (Å²) >= 11 is 1.73. The summed E-state index contributed by atoms with van der Waals surface area (Å²) in [4.78, 5) is 7.92. The van der Waals surface area contributed by atoms with Crippen LogP contribution >= 0.6 is 11.3 Å². The van der Waals surface area contributed by atoms with Crippen LogP contribution in [-0.4, -0.2) is 40.3 Å². The summed E-state index contributed by atoms with van der Waals surface area (Å²) in [5, 5.41) is 4.46. The molecule has 18 heavy (non-hydrogen) atoms. The number of nitrogens with zero attached hydrogens (tertiary/aromatic N) is 2. The van der Waals surface area contributed by atoms with Gasteiger partial charge in [-0.05, 0) is 20.8 Å². The average molecular weight is 289 g/mol. The van der Waals surface area contributed by atoms with Crippen LogP contribution in [0.5, 0.6) is 0 Å². The first kappa shape index (κ1) is 15.6. The van der Waals surface area contributed by atoms with Crippen LogP contribution in [0.3, 0.4) is 0 Å². The van der Waals surface area contributed by atoms with Crippen LogP contribution in [0.4, 0.5) is 5.13 Å². The van der Waals surface area contributed by atoms with Gasteiger partial charge in [0, 0.05) is 59.6 Å². The van der Waals surface area contributed by atoms with Gasteiger partial charge in [-0.25, -0.2) is 4.98 Å². The number of anilines is 1. The molecular formula is C12H23N3OS2. The van der Waals surface area contributed by atoms with Crippen LogP contribution in [0, 0.1) is 0 Å². The first-order valence-electron chi connectivity index (χ1n) is 6.29. The van der Waals surface area contributed by atoms with Gasteiger partial charge in [-0.2, -0.15) is 0 Å². The van der Waals surface area contributed by atoms with Crippen molar-refractivity contribution >= 4 is 27.3 Å². The molecule has 0 radical (unpaired) electrons. The van der Waals surface area contributed by atoms with Crippen molar-refractivity contribution in [1.29, 1.82) is 0 Å². The van der Waals surface area contributed by atoms with E-state index in [4.69, 9.17) is 0 Å². The lowest BCUT2D eigenvalue weighted by Crippen LogP contribution is -2.30. The standard InChI is InChI=1S/C12H23N3OS2/c1-5-15(6-2)12-14-8-11(17-12)7-13-10(3)9-18(4)16/h8,10,13H,5-7,9H2,1-4H3. The molecule has 1 heterocycles. The number of nitrogens with one attached hydrogen (secondary N) is 1. The second-order valence-electron chi connectivity index (χ2n) is 4.30. The van der Waals surface area contributed by atoms with Crippen LogP contribution in [0.1, 0.15) is 25.6 Å². The van der Waals surface area contributed by atoms with E-state index in [1.165, 1.54) is 4.88 Å². The van der Waals surface area contributed by atoms with Gasteiger partial charge in [-0.1, -0.05) is 0 Å². The second-order valence-corrected chi connectivity index (χ2v) is 6.88. The van der Waals surface area contributed by atoms with Crippen LogP contribution in [0.15, 0.2) is 6.20 Å². The molecule has 0 aromatic carbocycles. The molecule has 1 aromatic rings. The summed E-state index contributed by atoms with van der Waals surface area (Å²) in [5.74, 6) is 0.696. The third kappa shape index (κ3) is 5.04. The fourth-order valence-corrected chi connectivity index (χ4v) is 3.52. The molecule has 1 aromatic heterocycles. The first-order valence-corrected chi connectivity index (χ1v) is 8.84. The molecule has 0 aliphatic rings. The maximum absolute atomic E-state index is 11.1. The van der Waals surface area contributed by atoms with E-state index in [0.29, 0.717) is 5.75 Å². The Morgan fingerprint density at radius 1 is 1.50 bits per heavy atom. The summed E-state index contributed by atoms with van der Waals surface area (Å²) in [6.45, 7) is 9.12. The van der Waals surface area contributed by atoms with Gasteiger partial charge in [0.15, 0.2) is 5.13 Å². The zero-order chi connectivity index (χ0) is 13.5. The molecule has 0 fully saturated rings. The van der Waals surface area contributed by atoms with Crippen LogP contribution in [0.25, 0.3) is 0 Å². The van der Waals surface area contributed by atoms with Gasteiger partial charge >= 0.3 is 0 Å². The monoisotopic (exact) mass is 289 g/mol. The van der Waals surface area contributed by atoms with E-state index in [1.807, 2.05) is 6.20 Å². The Hall–Kier alpha value is -0.460. The Labute approximate surface area is 116 Å². The smallest absolute Gasteiger partial charge is 0.185 e. The molecule has 0 bridgehead atoms. The van der Waals surface area contributed by atoms with Crippen LogP contribution in [-0.2, 0) is 17.3 Å². The van der Waals surface area contributed by atoms with E-state index in [0.717, 1.165) is 24.8 Å². The minimum absolute atomic E-state index is 0.273. The molecule has 2 atom stereocenters. The Kier molecular flexibility index (Phi) is 6.81. The predicted octanol–water partition coefficient (Wildman–Crippen LogP) is 1.85. The zero-order valence-electron chi connectivity index (χ0n) is 11.6. The van der Waals surface area contributed by atoms with Gasteiger partial charge in [0.25, 0.3) is 0 Å². The molecule has 0 spiro atoms. The minimum atomic E-state index is -0.741. The normalized spacial score (nSPS) is 14.4. The highest BCUT2D eigenvalue weighted by atomic mass is 32.2. The van der Waals surface area contributed by atoms with Gasteiger partial charge in [-0.3, -0.25) is 4.21 Å². The van der Waals surface area contributed by atoms with E-state index >= 15 is 0 Å². The summed E-state index contributed by atoms with van der Waals surface area (Å²) in [5.41, 5.74) is 0. The van der Waals surface area contributed by atoms with Crippen molar-refractivity contribution in [2.24, 2.45) is 0 Å². The van der Waals surface area contributed by atoms with Crippen molar-refractivity contribution < 1.29 is 4.21 Å². The van der Waals surface area contributed by atoms with E-state index in [-0.39, 0.29) is 6.04 Å². The van der Waals surface area contributed by atoms with Gasteiger partial charge < -0.3 is 10.2 Å². The molecule has 4 nitrogen and oxygen atoms in total. The Morgan fingerprint density at radius 3 is 2.72 bits per heavy atom. The van der Waals surface area contributed by atoms with Crippen molar-refractivity contribution in [1.82, 2.24) is 10.3 Å². The van der Waals surface area contributed by atoms with Gasteiger partial charge in [0.1, 0.15) is 0 Å².